The van der Waals surface area contributed by atoms with Crippen LogP contribution in [0.4, 0.5) is 11.4 Å². The molecule has 1 unspecified atom stereocenters. The molecule has 0 spiro atoms. The molecule has 2 aliphatic rings. The molecule has 0 saturated carbocycles. The molecule has 0 aromatic heterocycles. The Morgan fingerprint density at radius 3 is 2.96 bits per heavy atom. The SMILES string of the molecule is O=C(COCC1CCCO1)Nc1cccc(N2CCOCC2)c1. The maximum Gasteiger partial charge on any atom is 0.250 e. The Bertz CT molecular complexity index is 511. The maximum absolute atomic E-state index is 12.0. The predicted molar refractivity (Wildman–Crippen MR) is 87.9 cm³/mol. The van der Waals surface area contributed by atoms with Gasteiger partial charge in [-0.05, 0) is 31.0 Å². The first kappa shape index (κ1) is 16.2. The van der Waals surface area contributed by atoms with E-state index in [4.69, 9.17) is 14.2 Å². The third kappa shape index (κ3) is 4.92. The first-order valence-electron chi connectivity index (χ1n) is 8.23. The number of nitrogens with one attached hydrogen (secondary N) is 1. The van der Waals surface area contributed by atoms with Crippen molar-refractivity contribution in [3.8, 4) is 0 Å². The van der Waals surface area contributed by atoms with Crippen molar-refractivity contribution in [1.82, 2.24) is 0 Å². The van der Waals surface area contributed by atoms with E-state index in [2.05, 4.69) is 16.3 Å². The number of hydrogen-bond acceptors (Lipinski definition) is 5. The topological polar surface area (TPSA) is 60.0 Å². The fourth-order valence-corrected chi connectivity index (χ4v) is 2.86. The summed E-state index contributed by atoms with van der Waals surface area (Å²) >= 11 is 0. The third-order valence-corrected chi connectivity index (χ3v) is 4.07. The Morgan fingerprint density at radius 2 is 2.17 bits per heavy atom. The Balaban J connectivity index is 1.45. The minimum absolute atomic E-state index is 0.0572. The average Bonchev–Trinajstić information content (AvgIpc) is 3.09. The summed E-state index contributed by atoms with van der Waals surface area (Å²) in [4.78, 5) is 14.2. The van der Waals surface area contributed by atoms with E-state index in [-0.39, 0.29) is 18.6 Å². The van der Waals surface area contributed by atoms with Crippen molar-refractivity contribution in [1.29, 1.82) is 0 Å². The number of hydrogen-bond donors (Lipinski definition) is 1. The van der Waals surface area contributed by atoms with Crippen molar-refractivity contribution in [2.45, 2.75) is 18.9 Å². The van der Waals surface area contributed by atoms with Crippen LogP contribution in [0.15, 0.2) is 24.3 Å². The van der Waals surface area contributed by atoms with Crippen molar-refractivity contribution in [3.05, 3.63) is 24.3 Å². The molecule has 1 aromatic rings. The van der Waals surface area contributed by atoms with Gasteiger partial charge in [0.2, 0.25) is 5.91 Å². The van der Waals surface area contributed by atoms with Crippen LogP contribution in [0.5, 0.6) is 0 Å². The molecule has 1 N–H and O–H groups in total. The Kier molecular flexibility index (Phi) is 5.85. The van der Waals surface area contributed by atoms with Gasteiger partial charge in [0.25, 0.3) is 0 Å². The molecule has 1 atom stereocenters. The van der Waals surface area contributed by atoms with Crippen LogP contribution in [0, 0.1) is 0 Å². The average molecular weight is 320 g/mol. The summed E-state index contributed by atoms with van der Waals surface area (Å²) in [7, 11) is 0. The third-order valence-electron chi connectivity index (χ3n) is 4.07. The Hall–Kier alpha value is -1.63. The largest absolute Gasteiger partial charge is 0.378 e. The van der Waals surface area contributed by atoms with Gasteiger partial charge >= 0.3 is 0 Å². The number of nitrogens with zero attached hydrogens (tertiary/aromatic N) is 1. The van der Waals surface area contributed by atoms with E-state index in [9.17, 15) is 4.79 Å². The molecule has 2 saturated heterocycles. The van der Waals surface area contributed by atoms with Crippen LogP contribution in [0.3, 0.4) is 0 Å². The summed E-state index contributed by atoms with van der Waals surface area (Å²) in [5.74, 6) is -0.137. The van der Waals surface area contributed by atoms with Crippen LogP contribution in [0.25, 0.3) is 0 Å². The zero-order valence-corrected chi connectivity index (χ0v) is 13.3. The second-order valence-electron chi connectivity index (χ2n) is 5.85. The molecule has 6 heteroatoms. The number of amides is 1. The molecule has 0 bridgehead atoms. The first-order valence-corrected chi connectivity index (χ1v) is 8.23. The molecule has 1 aromatic carbocycles. The molecular weight excluding hydrogens is 296 g/mol. The molecule has 0 aliphatic carbocycles. The number of carbonyl (C=O) groups is 1. The van der Waals surface area contributed by atoms with Gasteiger partial charge in [-0.2, -0.15) is 0 Å². The smallest absolute Gasteiger partial charge is 0.250 e. The molecule has 2 aliphatic heterocycles. The zero-order chi connectivity index (χ0) is 15.9. The lowest BCUT2D eigenvalue weighted by Gasteiger charge is -2.29. The normalized spacial score (nSPS) is 21.4. The summed E-state index contributed by atoms with van der Waals surface area (Å²) < 4.78 is 16.3. The summed E-state index contributed by atoms with van der Waals surface area (Å²) in [6.07, 6.45) is 2.24. The van der Waals surface area contributed by atoms with Gasteiger partial charge in [-0.3, -0.25) is 4.79 Å². The minimum atomic E-state index is -0.137. The highest BCUT2D eigenvalue weighted by molar-refractivity contribution is 5.92. The number of rotatable bonds is 6. The lowest BCUT2D eigenvalue weighted by atomic mass is 10.2. The molecule has 2 fully saturated rings. The summed E-state index contributed by atoms with van der Waals surface area (Å²) in [5.41, 5.74) is 1.89. The van der Waals surface area contributed by atoms with Crippen molar-refractivity contribution in [2.24, 2.45) is 0 Å². The highest BCUT2D eigenvalue weighted by Gasteiger charge is 2.16. The molecule has 2 heterocycles. The van der Waals surface area contributed by atoms with E-state index in [1.165, 1.54) is 0 Å². The van der Waals surface area contributed by atoms with Gasteiger partial charge in [-0.25, -0.2) is 0 Å². The highest BCUT2D eigenvalue weighted by atomic mass is 16.5. The number of carbonyl (C=O) groups excluding carboxylic acids is 1. The second kappa shape index (κ2) is 8.29. The summed E-state index contributed by atoms with van der Waals surface area (Å²) in [5, 5.41) is 2.88. The van der Waals surface area contributed by atoms with E-state index in [0.717, 1.165) is 57.1 Å². The van der Waals surface area contributed by atoms with Gasteiger partial charge in [0, 0.05) is 31.1 Å². The van der Waals surface area contributed by atoms with Crippen molar-refractivity contribution in [2.75, 3.05) is 56.3 Å². The van der Waals surface area contributed by atoms with Crippen LogP contribution >= 0.6 is 0 Å². The van der Waals surface area contributed by atoms with Crippen LogP contribution in [0.1, 0.15) is 12.8 Å². The van der Waals surface area contributed by atoms with E-state index < -0.39 is 0 Å². The zero-order valence-electron chi connectivity index (χ0n) is 13.3. The van der Waals surface area contributed by atoms with Gasteiger partial charge in [0.15, 0.2) is 0 Å². The van der Waals surface area contributed by atoms with Crippen molar-refractivity contribution in [3.63, 3.8) is 0 Å². The Morgan fingerprint density at radius 1 is 1.30 bits per heavy atom. The number of ether oxygens (including phenoxy) is 3. The van der Waals surface area contributed by atoms with E-state index in [1.807, 2.05) is 18.2 Å². The monoisotopic (exact) mass is 320 g/mol. The van der Waals surface area contributed by atoms with Gasteiger partial charge < -0.3 is 24.4 Å². The molecule has 3 rings (SSSR count). The minimum Gasteiger partial charge on any atom is -0.378 e. The van der Waals surface area contributed by atoms with Crippen LogP contribution in [-0.4, -0.2) is 58.1 Å². The number of anilines is 2. The van der Waals surface area contributed by atoms with Crippen LogP contribution < -0.4 is 10.2 Å². The van der Waals surface area contributed by atoms with E-state index in [1.54, 1.807) is 0 Å². The highest BCUT2D eigenvalue weighted by Crippen LogP contribution is 2.20. The fourth-order valence-electron chi connectivity index (χ4n) is 2.86. The van der Waals surface area contributed by atoms with Gasteiger partial charge in [-0.15, -0.1) is 0 Å². The predicted octanol–water partition coefficient (Wildman–Crippen LogP) is 1.66. The maximum atomic E-state index is 12.0. The molecular formula is C17H24N2O4. The van der Waals surface area contributed by atoms with Crippen molar-refractivity contribution < 1.29 is 19.0 Å². The van der Waals surface area contributed by atoms with Crippen molar-refractivity contribution >= 4 is 17.3 Å². The molecule has 126 valence electrons. The second-order valence-corrected chi connectivity index (χ2v) is 5.85. The summed E-state index contributed by atoms with van der Waals surface area (Å²) in [6.45, 7) is 4.59. The fraction of sp³-hybridized carbons (Fsp3) is 0.588. The lowest BCUT2D eigenvalue weighted by molar-refractivity contribution is -0.121. The quantitative estimate of drug-likeness (QED) is 0.864. The van der Waals surface area contributed by atoms with E-state index in [0.29, 0.717) is 6.61 Å². The molecule has 23 heavy (non-hydrogen) atoms. The van der Waals surface area contributed by atoms with E-state index >= 15 is 0 Å². The van der Waals surface area contributed by atoms with Gasteiger partial charge in [0.05, 0.1) is 25.9 Å². The molecule has 6 nitrogen and oxygen atoms in total. The lowest BCUT2D eigenvalue weighted by Crippen LogP contribution is -2.36. The molecule has 1 amide bonds. The van der Waals surface area contributed by atoms with Gasteiger partial charge in [-0.1, -0.05) is 6.07 Å². The number of morpholine rings is 1. The summed E-state index contributed by atoms with van der Waals surface area (Å²) in [6, 6.07) is 7.88. The van der Waals surface area contributed by atoms with Crippen LogP contribution in [-0.2, 0) is 19.0 Å². The number of benzene rings is 1. The first-order chi connectivity index (χ1) is 11.3. The van der Waals surface area contributed by atoms with Gasteiger partial charge in [0.1, 0.15) is 6.61 Å². The molecule has 0 radical (unpaired) electrons. The standard InChI is InChI=1S/C17H24N2O4/c20-17(13-22-12-16-5-2-8-23-16)18-14-3-1-4-15(11-14)19-6-9-21-10-7-19/h1,3-4,11,16H,2,5-10,12-13H2,(H,18,20). The van der Waals surface area contributed by atoms with Crippen LogP contribution in [0.2, 0.25) is 0 Å². The Labute approximate surface area is 136 Å².